The van der Waals surface area contributed by atoms with E-state index < -0.39 is 23.9 Å². The molecule has 1 saturated heterocycles. The van der Waals surface area contributed by atoms with Crippen molar-refractivity contribution in [3.63, 3.8) is 0 Å². The molecular formula is C11H12BrFN2O3. The Labute approximate surface area is 111 Å². The van der Waals surface area contributed by atoms with E-state index in [1.807, 2.05) is 0 Å². The average Bonchev–Trinajstić information content (AvgIpc) is 2.63. The van der Waals surface area contributed by atoms with Crippen LogP contribution in [0, 0.1) is 5.82 Å². The topological polar surface area (TPSA) is 86.8 Å². The van der Waals surface area contributed by atoms with Crippen LogP contribution < -0.4 is 5.73 Å². The third kappa shape index (κ3) is 2.33. The van der Waals surface area contributed by atoms with Gasteiger partial charge in [0, 0.05) is 17.6 Å². The molecule has 1 amide bonds. The van der Waals surface area contributed by atoms with E-state index in [9.17, 15) is 19.4 Å². The largest absolute Gasteiger partial charge is 0.396 e. The number of nitrogens with two attached hydrogens (primary N) is 1. The van der Waals surface area contributed by atoms with Crippen molar-refractivity contribution in [3.05, 3.63) is 28.0 Å². The third-order valence-corrected chi connectivity index (χ3v) is 3.52. The first-order valence-corrected chi connectivity index (χ1v) is 6.09. The highest BCUT2D eigenvalue weighted by Crippen LogP contribution is 2.25. The summed E-state index contributed by atoms with van der Waals surface area (Å²) in [4.78, 5) is 13.4. The van der Waals surface area contributed by atoms with Crippen LogP contribution in [0.5, 0.6) is 0 Å². The van der Waals surface area contributed by atoms with Crippen LogP contribution in [-0.4, -0.2) is 46.3 Å². The van der Waals surface area contributed by atoms with Crippen LogP contribution in [0.4, 0.5) is 10.1 Å². The quantitative estimate of drug-likeness (QED) is 0.652. The maximum atomic E-state index is 13.2. The Balaban J connectivity index is 2.27. The lowest BCUT2D eigenvalue weighted by molar-refractivity contribution is 0.0572. The fraction of sp³-hybridized carbons (Fsp3) is 0.364. The Hall–Kier alpha value is -1.18. The second kappa shape index (κ2) is 4.83. The fourth-order valence-corrected chi connectivity index (χ4v) is 2.32. The number of amides is 1. The minimum atomic E-state index is -0.953. The van der Waals surface area contributed by atoms with Gasteiger partial charge in [0.1, 0.15) is 5.82 Å². The molecule has 1 aliphatic rings. The van der Waals surface area contributed by atoms with Gasteiger partial charge in [0.05, 0.1) is 23.5 Å². The lowest BCUT2D eigenvalue weighted by Gasteiger charge is -2.16. The van der Waals surface area contributed by atoms with Gasteiger partial charge in [0.15, 0.2) is 0 Å². The van der Waals surface area contributed by atoms with Crippen molar-refractivity contribution in [1.82, 2.24) is 4.90 Å². The molecule has 18 heavy (non-hydrogen) atoms. The number of halogens is 2. The summed E-state index contributed by atoms with van der Waals surface area (Å²) >= 11 is 3.09. The molecule has 0 spiro atoms. The number of rotatable bonds is 1. The molecule has 1 aromatic carbocycles. The van der Waals surface area contributed by atoms with Gasteiger partial charge in [-0.3, -0.25) is 4.79 Å². The average molecular weight is 319 g/mol. The van der Waals surface area contributed by atoms with Crippen molar-refractivity contribution in [3.8, 4) is 0 Å². The second-order valence-corrected chi connectivity index (χ2v) is 5.05. The highest BCUT2D eigenvalue weighted by Gasteiger charge is 2.33. The van der Waals surface area contributed by atoms with Gasteiger partial charge in [-0.25, -0.2) is 4.39 Å². The van der Waals surface area contributed by atoms with E-state index in [0.29, 0.717) is 0 Å². The maximum absolute atomic E-state index is 13.2. The number of benzene rings is 1. The van der Waals surface area contributed by atoms with E-state index in [2.05, 4.69) is 15.9 Å². The van der Waals surface area contributed by atoms with E-state index in [0.717, 1.165) is 6.07 Å². The number of carbonyl (C=O) groups excluding carboxylic acids is 1. The molecule has 2 rings (SSSR count). The number of nitrogen functional groups attached to an aromatic ring is 1. The Morgan fingerprint density at radius 1 is 1.39 bits per heavy atom. The van der Waals surface area contributed by atoms with E-state index in [4.69, 9.17) is 5.73 Å². The minimum absolute atomic E-state index is 0.0454. The van der Waals surface area contributed by atoms with Gasteiger partial charge >= 0.3 is 0 Å². The summed E-state index contributed by atoms with van der Waals surface area (Å²) in [6.07, 6.45) is -1.91. The first-order valence-electron chi connectivity index (χ1n) is 5.30. The van der Waals surface area contributed by atoms with Crippen LogP contribution in [0.25, 0.3) is 0 Å². The summed E-state index contributed by atoms with van der Waals surface area (Å²) in [5.74, 6) is -1.02. The number of nitrogens with zero attached hydrogens (tertiary/aromatic N) is 1. The van der Waals surface area contributed by atoms with Crippen molar-refractivity contribution in [2.24, 2.45) is 0 Å². The van der Waals surface area contributed by atoms with Gasteiger partial charge in [-0.2, -0.15) is 0 Å². The summed E-state index contributed by atoms with van der Waals surface area (Å²) in [7, 11) is 0. The van der Waals surface area contributed by atoms with Crippen LogP contribution in [-0.2, 0) is 0 Å². The molecule has 7 heteroatoms. The van der Waals surface area contributed by atoms with E-state index in [1.54, 1.807) is 0 Å². The van der Waals surface area contributed by atoms with Gasteiger partial charge in [-0.15, -0.1) is 0 Å². The summed E-state index contributed by atoms with van der Waals surface area (Å²) < 4.78 is 13.5. The monoisotopic (exact) mass is 318 g/mol. The lowest BCUT2D eigenvalue weighted by atomic mass is 10.1. The van der Waals surface area contributed by atoms with Gasteiger partial charge in [0.25, 0.3) is 5.91 Å². The number of hydrogen-bond donors (Lipinski definition) is 3. The molecule has 0 bridgehead atoms. The maximum Gasteiger partial charge on any atom is 0.255 e. The molecule has 2 unspecified atom stereocenters. The number of aliphatic hydroxyl groups excluding tert-OH is 2. The Morgan fingerprint density at radius 2 is 1.94 bits per heavy atom. The predicted molar refractivity (Wildman–Crippen MR) is 66.4 cm³/mol. The summed E-state index contributed by atoms with van der Waals surface area (Å²) in [5.41, 5.74) is 5.50. The lowest BCUT2D eigenvalue weighted by Crippen LogP contribution is -2.30. The molecule has 1 aromatic rings. The van der Waals surface area contributed by atoms with Gasteiger partial charge < -0.3 is 20.8 Å². The molecule has 0 saturated carbocycles. The number of carbonyl (C=O) groups is 1. The molecular weight excluding hydrogens is 307 g/mol. The first kappa shape index (κ1) is 13.3. The van der Waals surface area contributed by atoms with E-state index >= 15 is 0 Å². The molecule has 0 radical (unpaired) electrons. The second-order valence-electron chi connectivity index (χ2n) is 4.20. The van der Waals surface area contributed by atoms with Crippen molar-refractivity contribution in [1.29, 1.82) is 0 Å². The Morgan fingerprint density at radius 3 is 2.50 bits per heavy atom. The number of likely N-dealkylation sites (tertiary alicyclic amines) is 1. The van der Waals surface area contributed by atoms with Crippen LogP contribution in [0.15, 0.2) is 16.6 Å². The first-order chi connectivity index (χ1) is 8.40. The van der Waals surface area contributed by atoms with Gasteiger partial charge in [-0.05, 0) is 28.1 Å². The fourth-order valence-electron chi connectivity index (χ4n) is 1.84. The zero-order valence-corrected chi connectivity index (χ0v) is 10.9. The summed E-state index contributed by atoms with van der Waals surface area (Å²) in [5, 5.41) is 18.8. The number of β-amino-alcohol motifs (C(OH)–C–C–N with tert-alkyl or cyclic N) is 2. The smallest absolute Gasteiger partial charge is 0.255 e. The number of hydrogen-bond acceptors (Lipinski definition) is 4. The van der Waals surface area contributed by atoms with Crippen molar-refractivity contribution in [2.75, 3.05) is 18.8 Å². The van der Waals surface area contributed by atoms with E-state index in [1.165, 1.54) is 11.0 Å². The Bertz CT molecular complexity index is 487. The molecule has 2 atom stereocenters. The van der Waals surface area contributed by atoms with Gasteiger partial charge in [-0.1, -0.05) is 0 Å². The molecule has 98 valence electrons. The highest BCUT2D eigenvalue weighted by atomic mass is 79.9. The molecule has 1 heterocycles. The number of aliphatic hydroxyl groups is 2. The molecule has 1 aliphatic heterocycles. The normalized spacial score (nSPS) is 23.4. The minimum Gasteiger partial charge on any atom is -0.396 e. The summed E-state index contributed by atoms with van der Waals surface area (Å²) in [6.45, 7) is 0.0907. The molecule has 5 nitrogen and oxygen atoms in total. The van der Waals surface area contributed by atoms with Crippen molar-refractivity contribution >= 4 is 27.5 Å². The van der Waals surface area contributed by atoms with E-state index in [-0.39, 0.29) is 28.8 Å². The molecule has 1 fully saturated rings. The zero-order chi connectivity index (χ0) is 13.4. The third-order valence-electron chi connectivity index (χ3n) is 2.86. The summed E-state index contributed by atoms with van der Waals surface area (Å²) in [6, 6.07) is 2.35. The Kier molecular flexibility index (Phi) is 3.56. The van der Waals surface area contributed by atoms with Crippen molar-refractivity contribution in [2.45, 2.75) is 12.2 Å². The molecule has 4 N–H and O–H groups in total. The standard InChI is InChI=1S/C11H12BrFN2O3/c12-6-2-7(13)8(14)1-5(6)11(18)15-3-9(16)10(17)4-15/h1-2,9-10,16-17H,3-4,14H2. The van der Waals surface area contributed by atoms with Crippen molar-refractivity contribution < 1.29 is 19.4 Å². The van der Waals surface area contributed by atoms with Crippen LogP contribution >= 0.6 is 15.9 Å². The van der Waals surface area contributed by atoms with Crippen LogP contribution in [0.2, 0.25) is 0 Å². The van der Waals surface area contributed by atoms with Crippen LogP contribution in [0.1, 0.15) is 10.4 Å². The molecule has 0 aliphatic carbocycles. The van der Waals surface area contributed by atoms with Crippen LogP contribution in [0.3, 0.4) is 0 Å². The predicted octanol–water partition coefficient (Wildman–Crippen LogP) is 0.348. The SMILES string of the molecule is Nc1cc(C(=O)N2CC(O)C(O)C2)c(Br)cc1F. The number of anilines is 1. The zero-order valence-electron chi connectivity index (χ0n) is 9.31. The van der Waals surface area contributed by atoms with Gasteiger partial charge in [0.2, 0.25) is 0 Å². The highest BCUT2D eigenvalue weighted by molar-refractivity contribution is 9.10. The molecule has 0 aromatic heterocycles.